The first-order chi connectivity index (χ1) is 7.63. The van der Waals surface area contributed by atoms with Gasteiger partial charge in [0.15, 0.2) is 0 Å². The van der Waals surface area contributed by atoms with E-state index < -0.39 is 5.82 Å². The molecule has 1 aromatic carbocycles. The lowest BCUT2D eigenvalue weighted by molar-refractivity contribution is -0.116. The number of nitrogens with one attached hydrogen (secondary N) is 1. The Kier molecular flexibility index (Phi) is 5.56. The Bertz CT molecular complexity index is 371. The molecule has 0 bridgehead atoms. The lowest BCUT2D eigenvalue weighted by Gasteiger charge is -2.05. The first-order valence-electron chi connectivity index (χ1n) is 4.94. The summed E-state index contributed by atoms with van der Waals surface area (Å²) in [5.41, 5.74) is 0.415. The van der Waals surface area contributed by atoms with Gasteiger partial charge in [0, 0.05) is 18.0 Å². The molecule has 1 amide bonds. The summed E-state index contributed by atoms with van der Waals surface area (Å²) in [6.45, 7) is 0. The Balaban J connectivity index is 2.46. The maximum absolute atomic E-state index is 13.0. The number of amides is 1. The Labute approximate surface area is 104 Å². The predicted octanol–water partition coefficient (Wildman–Crippen LogP) is 3.83. The van der Waals surface area contributed by atoms with Crippen LogP contribution in [0.1, 0.15) is 19.3 Å². The minimum Gasteiger partial charge on any atom is -0.326 e. The molecular formula is C11H12Cl2FNO. The fraction of sp³-hybridized carbons (Fsp3) is 0.364. The topological polar surface area (TPSA) is 29.1 Å². The van der Waals surface area contributed by atoms with E-state index in [1.54, 1.807) is 6.07 Å². The molecule has 0 aliphatic rings. The predicted molar refractivity (Wildman–Crippen MR) is 64.6 cm³/mol. The van der Waals surface area contributed by atoms with Crippen LogP contribution in [0.15, 0.2) is 18.2 Å². The van der Waals surface area contributed by atoms with Gasteiger partial charge in [-0.1, -0.05) is 11.6 Å². The van der Waals surface area contributed by atoms with Gasteiger partial charge in [0.25, 0.3) is 0 Å². The minimum absolute atomic E-state index is 0.0418. The van der Waals surface area contributed by atoms with Crippen molar-refractivity contribution in [3.8, 4) is 0 Å². The van der Waals surface area contributed by atoms with Crippen LogP contribution in [0, 0.1) is 5.82 Å². The van der Waals surface area contributed by atoms with Crippen molar-refractivity contribution in [2.45, 2.75) is 19.3 Å². The average molecular weight is 264 g/mol. The van der Waals surface area contributed by atoms with Crippen molar-refractivity contribution < 1.29 is 9.18 Å². The number of alkyl halides is 1. The van der Waals surface area contributed by atoms with E-state index in [2.05, 4.69) is 5.32 Å². The lowest BCUT2D eigenvalue weighted by Crippen LogP contribution is -2.11. The zero-order valence-electron chi connectivity index (χ0n) is 8.60. The summed E-state index contributed by atoms with van der Waals surface area (Å²) >= 11 is 11.0. The minimum atomic E-state index is -0.541. The molecule has 1 N–H and O–H groups in total. The van der Waals surface area contributed by atoms with Gasteiger partial charge in [-0.05, 0) is 31.0 Å². The first-order valence-corrected chi connectivity index (χ1v) is 5.85. The van der Waals surface area contributed by atoms with Crippen LogP contribution in [0.25, 0.3) is 0 Å². The zero-order valence-corrected chi connectivity index (χ0v) is 10.1. The largest absolute Gasteiger partial charge is 0.326 e. The molecule has 0 unspecified atom stereocenters. The van der Waals surface area contributed by atoms with Crippen LogP contribution in [0.4, 0.5) is 10.1 Å². The second-order valence-corrected chi connectivity index (χ2v) is 4.11. The number of halogens is 3. The van der Waals surface area contributed by atoms with Gasteiger partial charge in [0.1, 0.15) is 5.82 Å². The standard InChI is InChI=1S/C11H12Cl2FNO/c12-6-2-1-3-11(16)15-8-4-5-9(13)10(14)7-8/h4-5,7H,1-3,6H2,(H,15,16). The van der Waals surface area contributed by atoms with Crippen molar-refractivity contribution >= 4 is 34.8 Å². The molecule has 0 spiro atoms. The molecule has 0 heterocycles. The SMILES string of the molecule is O=C(CCCCCl)Nc1ccc(Cl)c(F)c1. The summed E-state index contributed by atoms with van der Waals surface area (Å²) in [6.07, 6.45) is 1.91. The molecule has 2 nitrogen and oxygen atoms in total. The van der Waals surface area contributed by atoms with Gasteiger partial charge in [-0.15, -0.1) is 11.6 Å². The molecule has 0 aliphatic heterocycles. The third-order valence-electron chi connectivity index (χ3n) is 1.99. The van der Waals surface area contributed by atoms with E-state index in [4.69, 9.17) is 23.2 Å². The summed E-state index contributed by atoms with van der Waals surface area (Å²) in [6, 6.07) is 4.16. The van der Waals surface area contributed by atoms with E-state index in [1.165, 1.54) is 12.1 Å². The van der Waals surface area contributed by atoms with Crippen LogP contribution in [0.2, 0.25) is 5.02 Å². The normalized spacial score (nSPS) is 10.2. The van der Waals surface area contributed by atoms with Crippen molar-refractivity contribution in [3.63, 3.8) is 0 Å². The van der Waals surface area contributed by atoms with Crippen LogP contribution >= 0.6 is 23.2 Å². The number of unbranched alkanes of at least 4 members (excludes halogenated alkanes) is 1. The summed E-state index contributed by atoms with van der Waals surface area (Å²) in [4.78, 5) is 11.4. The second kappa shape index (κ2) is 6.71. The Morgan fingerprint density at radius 3 is 2.75 bits per heavy atom. The number of benzene rings is 1. The molecule has 1 aromatic rings. The number of anilines is 1. The smallest absolute Gasteiger partial charge is 0.224 e. The molecule has 1 rings (SSSR count). The number of hydrogen-bond acceptors (Lipinski definition) is 1. The van der Waals surface area contributed by atoms with Gasteiger partial charge in [-0.25, -0.2) is 4.39 Å². The summed E-state index contributed by atoms with van der Waals surface area (Å²) in [7, 11) is 0. The number of carbonyl (C=O) groups is 1. The highest BCUT2D eigenvalue weighted by Crippen LogP contribution is 2.18. The molecule has 0 saturated heterocycles. The van der Waals surface area contributed by atoms with Gasteiger partial charge in [0.05, 0.1) is 5.02 Å². The average Bonchev–Trinajstić information content (AvgIpc) is 2.24. The Hall–Kier alpha value is -0.800. The van der Waals surface area contributed by atoms with Crippen LogP contribution in [-0.4, -0.2) is 11.8 Å². The van der Waals surface area contributed by atoms with Gasteiger partial charge in [-0.2, -0.15) is 0 Å². The van der Waals surface area contributed by atoms with E-state index in [-0.39, 0.29) is 10.9 Å². The lowest BCUT2D eigenvalue weighted by atomic mass is 10.2. The highest BCUT2D eigenvalue weighted by atomic mass is 35.5. The molecule has 0 aromatic heterocycles. The van der Waals surface area contributed by atoms with E-state index >= 15 is 0 Å². The molecule has 5 heteroatoms. The van der Waals surface area contributed by atoms with E-state index in [9.17, 15) is 9.18 Å². The molecule has 0 fully saturated rings. The molecular weight excluding hydrogens is 252 g/mol. The molecule has 88 valence electrons. The summed E-state index contributed by atoms with van der Waals surface area (Å²) in [5.74, 6) is -0.143. The molecule has 0 radical (unpaired) electrons. The Morgan fingerprint density at radius 1 is 1.38 bits per heavy atom. The van der Waals surface area contributed by atoms with Crippen molar-refractivity contribution in [2.75, 3.05) is 11.2 Å². The van der Waals surface area contributed by atoms with Crippen molar-refractivity contribution in [3.05, 3.63) is 29.0 Å². The van der Waals surface area contributed by atoms with Gasteiger partial charge < -0.3 is 5.32 Å². The van der Waals surface area contributed by atoms with Crippen molar-refractivity contribution in [1.29, 1.82) is 0 Å². The Morgan fingerprint density at radius 2 is 2.12 bits per heavy atom. The monoisotopic (exact) mass is 263 g/mol. The molecule has 0 atom stereocenters. The van der Waals surface area contributed by atoms with Gasteiger partial charge in [-0.3, -0.25) is 4.79 Å². The van der Waals surface area contributed by atoms with Crippen LogP contribution < -0.4 is 5.32 Å². The van der Waals surface area contributed by atoms with E-state index in [0.29, 0.717) is 18.0 Å². The molecule has 0 aliphatic carbocycles. The maximum atomic E-state index is 13.0. The van der Waals surface area contributed by atoms with Crippen molar-refractivity contribution in [2.24, 2.45) is 0 Å². The van der Waals surface area contributed by atoms with E-state index in [0.717, 1.165) is 12.8 Å². The van der Waals surface area contributed by atoms with E-state index in [1.807, 2.05) is 0 Å². The highest BCUT2D eigenvalue weighted by molar-refractivity contribution is 6.30. The summed E-state index contributed by atoms with van der Waals surface area (Å²) < 4.78 is 13.0. The fourth-order valence-corrected chi connectivity index (χ4v) is 1.48. The fourth-order valence-electron chi connectivity index (χ4n) is 1.18. The third kappa shape index (κ3) is 4.37. The van der Waals surface area contributed by atoms with Gasteiger partial charge >= 0.3 is 0 Å². The van der Waals surface area contributed by atoms with Crippen LogP contribution in [-0.2, 0) is 4.79 Å². The van der Waals surface area contributed by atoms with Gasteiger partial charge in [0.2, 0.25) is 5.91 Å². The highest BCUT2D eigenvalue weighted by Gasteiger charge is 2.04. The van der Waals surface area contributed by atoms with Crippen LogP contribution in [0.3, 0.4) is 0 Å². The molecule has 16 heavy (non-hydrogen) atoms. The zero-order chi connectivity index (χ0) is 12.0. The van der Waals surface area contributed by atoms with Crippen molar-refractivity contribution in [1.82, 2.24) is 0 Å². The number of rotatable bonds is 5. The summed E-state index contributed by atoms with van der Waals surface area (Å²) in [5, 5.41) is 2.63. The third-order valence-corrected chi connectivity index (χ3v) is 2.56. The second-order valence-electron chi connectivity index (χ2n) is 3.32. The first kappa shape index (κ1) is 13.3. The number of carbonyl (C=O) groups excluding carboxylic acids is 1. The van der Waals surface area contributed by atoms with Crippen LogP contribution in [0.5, 0.6) is 0 Å². The molecule has 0 saturated carbocycles. The number of hydrogen-bond donors (Lipinski definition) is 1. The quantitative estimate of drug-likeness (QED) is 0.635. The maximum Gasteiger partial charge on any atom is 0.224 e.